The van der Waals surface area contributed by atoms with Crippen molar-refractivity contribution in [2.75, 3.05) is 18.6 Å². The van der Waals surface area contributed by atoms with E-state index in [0.29, 0.717) is 21.3 Å². The number of nitrogens with one attached hydrogen (secondary N) is 1. The van der Waals surface area contributed by atoms with E-state index in [-0.39, 0.29) is 5.28 Å². The fourth-order valence-corrected chi connectivity index (χ4v) is 5.05. The molecule has 0 atom stereocenters. The molecule has 0 saturated carbocycles. The highest BCUT2D eigenvalue weighted by Gasteiger charge is 2.22. The summed E-state index contributed by atoms with van der Waals surface area (Å²) in [6, 6.07) is 7.62. The zero-order valence-electron chi connectivity index (χ0n) is 15.9. The van der Waals surface area contributed by atoms with E-state index in [9.17, 15) is 4.57 Å². The molecule has 3 heterocycles. The lowest BCUT2D eigenvalue weighted by Gasteiger charge is -2.18. The highest BCUT2D eigenvalue weighted by Crippen LogP contribution is 2.42. The van der Waals surface area contributed by atoms with Gasteiger partial charge in [-0.2, -0.15) is 10.1 Å². The van der Waals surface area contributed by atoms with Crippen LogP contribution in [0.15, 0.2) is 47.3 Å². The van der Waals surface area contributed by atoms with Crippen LogP contribution in [-0.4, -0.2) is 38.1 Å². The molecule has 148 valence electrons. The van der Waals surface area contributed by atoms with Crippen molar-refractivity contribution in [2.45, 2.75) is 0 Å². The number of aromatic nitrogens is 5. The molecule has 1 N–H and O–H groups in total. The fourth-order valence-electron chi connectivity index (χ4n) is 3.14. The highest BCUT2D eigenvalue weighted by molar-refractivity contribution is 9.10. The highest BCUT2D eigenvalue weighted by atomic mass is 79.9. The summed E-state index contributed by atoms with van der Waals surface area (Å²) < 4.78 is 15.6. The molecule has 0 unspecified atom stereocenters. The van der Waals surface area contributed by atoms with Crippen molar-refractivity contribution in [2.24, 2.45) is 7.05 Å². The Morgan fingerprint density at radius 3 is 2.62 bits per heavy atom. The molecule has 10 heteroatoms. The van der Waals surface area contributed by atoms with E-state index in [0.717, 1.165) is 22.2 Å². The van der Waals surface area contributed by atoms with E-state index in [1.807, 2.05) is 37.5 Å². The number of aryl methyl sites for hydroxylation is 1. The standard InChI is InChI=1S/C19H17BrClN6OP/c1-27-10-11(8-23-27)14-5-4-12-15(24-14)6-7-16(17(12)29(2,3)28)25-18-13(20)9-22-19(21)26-18/h4-10H,1-3H3,(H,22,25,26). The topological polar surface area (TPSA) is 85.6 Å². The van der Waals surface area contributed by atoms with Crippen molar-refractivity contribution in [3.05, 3.63) is 52.6 Å². The number of benzene rings is 1. The van der Waals surface area contributed by atoms with Gasteiger partial charge in [-0.1, -0.05) is 0 Å². The van der Waals surface area contributed by atoms with Gasteiger partial charge in [0.15, 0.2) is 0 Å². The molecule has 0 aliphatic carbocycles. The second-order valence-corrected chi connectivity index (χ2v) is 11.3. The Bertz CT molecular complexity index is 1290. The van der Waals surface area contributed by atoms with Crippen LogP contribution in [0, 0.1) is 0 Å². The Morgan fingerprint density at radius 1 is 1.14 bits per heavy atom. The summed E-state index contributed by atoms with van der Waals surface area (Å²) in [5.41, 5.74) is 3.19. The zero-order valence-corrected chi connectivity index (χ0v) is 19.1. The number of fused-ring (bicyclic) bond motifs is 1. The third-order valence-electron chi connectivity index (χ3n) is 4.35. The number of hydrogen-bond acceptors (Lipinski definition) is 6. The lowest BCUT2D eigenvalue weighted by molar-refractivity contribution is 0.588. The van der Waals surface area contributed by atoms with Gasteiger partial charge in [0.25, 0.3) is 0 Å². The predicted octanol–water partition coefficient (Wildman–Crippen LogP) is 4.83. The Kier molecular flexibility index (Phi) is 5.19. The predicted molar refractivity (Wildman–Crippen MR) is 121 cm³/mol. The maximum Gasteiger partial charge on any atom is 0.224 e. The van der Waals surface area contributed by atoms with E-state index in [4.69, 9.17) is 16.6 Å². The molecule has 0 bridgehead atoms. The summed E-state index contributed by atoms with van der Waals surface area (Å²) in [4.78, 5) is 12.9. The van der Waals surface area contributed by atoms with Crippen molar-refractivity contribution in [3.63, 3.8) is 0 Å². The quantitative estimate of drug-likeness (QED) is 0.325. The van der Waals surface area contributed by atoms with Gasteiger partial charge in [-0.05, 0) is 65.1 Å². The summed E-state index contributed by atoms with van der Waals surface area (Å²) in [7, 11) is -0.795. The van der Waals surface area contributed by atoms with Crippen LogP contribution in [-0.2, 0) is 11.6 Å². The lowest BCUT2D eigenvalue weighted by Crippen LogP contribution is -2.12. The molecular weight excluding hydrogens is 475 g/mol. The minimum atomic E-state index is -2.66. The van der Waals surface area contributed by atoms with Crippen molar-refractivity contribution < 1.29 is 4.57 Å². The van der Waals surface area contributed by atoms with Gasteiger partial charge >= 0.3 is 0 Å². The zero-order chi connectivity index (χ0) is 20.8. The van der Waals surface area contributed by atoms with Crippen molar-refractivity contribution >= 4 is 62.4 Å². The van der Waals surface area contributed by atoms with E-state index in [1.54, 1.807) is 30.4 Å². The first-order valence-corrected chi connectivity index (χ1v) is 12.4. The van der Waals surface area contributed by atoms with Gasteiger partial charge in [0, 0.05) is 35.7 Å². The summed E-state index contributed by atoms with van der Waals surface area (Å²) in [6.45, 7) is 3.48. The molecule has 1 aromatic carbocycles. The average Bonchev–Trinajstić information content (AvgIpc) is 3.09. The first kappa shape index (κ1) is 20.0. The molecule has 4 aromatic rings. The minimum Gasteiger partial charge on any atom is -0.339 e. The van der Waals surface area contributed by atoms with Crippen molar-refractivity contribution in [3.8, 4) is 11.3 Å². The van der Waals surface area contributed by atoms with E-state index >= 15 is 0 Å². The second-order valence-electron chi connectivity index (χ2n) is 6.94. The lowest BCUT2D eigenvalue weighted by atomic mass is 10.1. The fraction of sp³-hybridized carbons (Fsp3) is 0.158. The maximum atomic E-state index is 13.2. The van der Waals surface area contributed by atoms with Crippen LogP contribution in [0.4, 0.5) is 11.5 Å². The summed E-state index contributed by atoms with van der Waals surface area (Å²) in [5.74, 6) is 0.499. The largest absolute Gasteiger partial charge is 0.339 e. The van der Waals surface area contributed by atoms with Crippen LogP contribution in [0.25, 0.3) is 22.2 Å². The third kappa shape index (κ3) is 4.06. The molecule has 0 aliphatic heterocycles. The van der Waals surface area contributed by atoms with Crippen molar-refractivity contribution in [1.82, 2.24) is 24.7 Å². The molecule has 0 saturated heterocycles. The van der Waals surface area contributed by atoms with Gasteiger partial charge in [0.05, 0.1) is 27.6 Å². The normalized spacial score (nSPS) is 11.8. The molecule has 4 rings (SSSR count). The first-order chi connectivity index (χ1) is 13.7. The summed E-state index contributed by atoms with van der Waals surface area (Å²) in [6.07, 6.45) is 5.25. The van der Waals surface area contributed by atoms with Crippen LogP contribution in [0.5, 0.6) is 0 Å². The number of pyridine rings is 1. The van der Waals surface area contributed by atoms with E-state index < -0.39 is 7.14 Å². The molecule has 0 aliphatic rings. The number of halogens is 2. The molecule has 0 fully saturated rings. The second kappa shape index (κ2) is 7.52. The van der Waals surface area contributed by atoms with Gasteiger partial charge in [0.1, 0.15) is 13.0 Å². The molecule has 0 radical (unpaired) electrons. The maximum absolute atomic E-state index is 13.2. The number of rotatable bonds is 4. The minimum absolute atomic E-state index is 0.122. The van der Waals surface area contributed by atoms with Gasteiger partial charge in [-0.15, -0.1) is 0 Å². The SMILES string of the molecule is Cn1cc(-c2ccc3c(P(C)(C)=O)c(Nc4nc(Cl)ncc4Br)ccc3n2)cn1. The average molecular weight is 492 g/mol. The number of hydrogen-bond donors (Lipinski definition) is 1. The molecule has 3 aromatic heterocycles. The van der Waals surface area contributed by atoms with Crippen LogP contribution >= 0.6 is 34.7 Å². The molecule has 0 amide bonds. The van der Waals surface area contributed by atoms with Gasteiger partial charge < -0.3 is 9.88 Å². The monoisotopic (exact) mass is 490 g/mol. The van der Waals surface area contributed by atoms with Gasteiger partial charge in [-0.25, -0.2) is 9.97 Å². The Morgan fingerprint density at radius 2 is 1.93 bits per heavy atom. The van der Waals surface area contributed by atoms with E-state index in [1.165, 1.54) is 0 Å². The van der Waals surface area contributed by atoms with Gasteiger partial charge in [-0.3, -0.25) is 4.68 Å². The van der Waals surface area contributed by atoms with Crippen LogP contribution in [0.3, 0.4) is 0 Å². The van der Waals surface area contributed by atoms with Crippen LogP contribution < -0.4 is 10.6 Å². The molecule has 29 heavy (non-hydrogen) atoms. The number of anilines is 2. The van der Waals surface area contributed by atoms with E-state index in [2.05, 4.69) is 36.3 Å². The number of nitrogens with zero attached hydrogens (tertiary/aromatic N) is 5. The van der Waals surface area contributed by atoms with Crippen LogP contribution in [0.1, 0.15) is 0 Å². The molecule has 0 spiro atoms. The third-order valence-corrected chi connectivity index (χ3v) is 6.67. The smallest absolute Gasteiger partial charge is 0.224 e. The Balaban J connectivity index is 1.87. The van der Waals surface area contributed by atoms with Crippen molar-refractivity contribution in [1.29, 1.82) is 0 Å². The summed E-state index contributed by atoms with van der Waals surface area (Å²) in [5, 5.41) is 9.09. The van der Waals surface area contributed by atoms with Gasteiger partial charge in [0.2, 0.25) is 5.28 Å². The summed E-state index contributed by atoms with van der Waals surface area (Å²) >= 11 is 9.35. The Labute approximate surface area is 181 Å². The Hall–Kier alpha value is -2.28. The molecule has 7 nitrogen and oxygen atoms in total. The first-order valence-electron chi connectivity index (χ1n) is 8.66. The molecular formula is C19H17BrClN6OP. The van der Waals surface area contributed by atoms with Crippen LogP contribution in [0.2, 0.25) is 5.28 Å².